The van der Waals surface area contributed by atoms with E-state index in [-0.39, 0.29) is 0 Å². The molecule has 0 bridgehead atoms. The van der Waals surface area contributed by atoms with Crippen LogP contribution < -0.4 is 31.0 Å². The Morgan fingerprint density at radius 3 is 1.68 bits per heavy atom. The van der Waals surface area contributed by atoms with Crippen LogP contribution in [0.1, 0.15) is 0 Å². The van der Waals surface area contributed by atoms with E-state index in [2.05, 4.69) is 58.3 Å². The Kier molecular flexibility index (Phi) is 6.16. The highest BCUT2D eigenvalue weighted by atomic mass is 31.2. The predicted molar refractivity (Wildman–Crippen MR) is 178 cm³/mol. The van der Waals surface area contributed by atoms with Crippen molar-refractivity contribution in [3.05, 3.63) is 121 Å². The van der Waals surface area contributed by atoms with E-state index in [1.807, 2.05) is 93.6 Å². The van der Waals surface area contributed by atoms with Gasteiger partial charge in [-0.2, -0.15) is 0 Å². The molecule has 0 radical (unpaired) electrons. The summed E-state index contributed by atoms with van der Waals surface area (Å²) in [5, 5.41) is 7.35. The van der Waals surface area contributed by atoms with Crippen LogP contribution in [0.2, 0.25) is 0 Å². The fraction of sp³-hybridized carbons (Fsp3) is 0.0857. The number of rotatable bonds is 0. The SMILES string of the molecule is CN1c2cc3ccccc3cc2[PH](=O)c2ccccc2N(C)c2cc3ccccc3cc2P(C)(=O)c2ccccc21. The fourth-order valence-corrected chi connectivity index (χ4v) is 10.2. The summed E-state index contributed by atoms with van der Waals surface area (Å²) < 4.78 is 30.0. The lowest BCUT2D eigenvalue weighted by molar-refractivity contribution is 0.590. The summed E-state index contributed by atoms with van der Waals surface area (Å²) in [4.78, 5) is 4.15. The highest BCUT2D eigenvalue weighted by molar-refractivity contribution is 7.78. The van der Waals surface area contributed by atoms with Gasteiger partial charge in [0.15, 0.2) is 0 Å². The number of benzene rings is 6. The van der Waals surface area contributed by atoms with Crippen LogP contribution in [0.5, 0.6) is 0 Å². The van der Waals surface area contributed by atoms with Crippen molar-refractivity contribution >= 4 is 80.5 Å². The zero-order valence-corrected chi connectivity index (χ0v) is 25.1. The van der Waals surface area contributed by atoms with Crippen LogP contribution in [0.3, 0.4) is 0 Å². The second-order valence-electron chi connectivity index (χ2n) is 10.8. The third-order valence-corrected chi connectivity index (χ3v) is 12.7. The molecule has 0 saturated carbocycles. The first-order valence-corrected chi connectivity index (χ1v) is 17.3. The van der Waals surface area contributed by atoms with Gasteiger partial charge in [-0.15, -0.1) is 0 Å². The first kappa shape index (κ1) is 25.8. The van der Waals surface area contributed by atoms with Crippen molar-refractivity contribution in [2.24, 2.45) is 0 Å². The molecule has 0 N–H and O–H groups in total. The van der Waals surface area contributed by atoms with Crippen LogP contribution in [0.25, 0.3) is 21.5 Å². The normalized spacial score (nSPS) is 18.6. The van der Waals surface area contributed by atoms with E-state index < -0.39 is 14.9 Å². The lowest BCUT2D eigenvalue weighted by Crippen LogP contribution is -2.30. The molecule has 7 rings (SSSR count). The van der Waals surface area contributed by atoms with E-state index in [1.54, 1.807) is 0 Å². The third-order valence-electron chi connectivity index (χ3n) is 8.35. The summed E-state index contributed by atoms with van der Waals surface area (Å²) in [5.41, 5.74) is 3.41. The molecule has 6 aromatic carbocycles. The zero-order chi connectivity index (χ0) is 28.3. The van der Waals surface area contributed by atoms with Crippen molar-refractivity contribution in [3.63, 3.8) is 0 Å². The monoisotopic (exact) mass is 572 g/mol. The van der Waals surface area contributed by atoms with Crippen molar-refractivity contribution in [3.8, 4) is 0 Å². The van der Waals surface area contributed by atoms with Crippen molar-refractivity contribution in [2.75, 3.05) is 30.6 Å². The standard InChI is InChI=1S/C35H30N2O2P2/c1-36-28-16-8-10-18-32(28)40(38)33-22-26-14-6-4-12-24(26)20-30(33)37(2)29-17-9-11-19-34(29)41(3,39)35-23-27-15-7-5-13-25(27)21-31(35)36/h4-23,40H,1-3H3. The molecule has 6 heteroatoms. The van der Waals surface area contributed by atoms with Gasteiger partial charge in [-0.3, -0.25) is 0 Å². The topological polar surface area (TPSA) is 40.6 Å². The average Bonchev–Trinajstić information content (AvgIpc) is 3.02. The molecule has 0 amide bonds. The van der Waals surface area contributed by atoms with Gasteiger partial charge in [0.05, 0.1) is 22.7 Å². The van der Waals surface area contributed by atoms with Crippen LogP contribution >= 0.6 is 14.9 Å². The van der Waals surface area contributed by atoms with E-state index >= 15 is 4.57 Å². The molecule has 1 aliphatic rings. The Morgan fingerprint density at radius 2 is 1.00 bits per heavy atom. The molecule has 2 atom stereocenters. The summed E-state index contributed by atoms with van der Waals surface area (Å²) in [7, 11) is -1.62. The fourth-order valence-electron chi connectivity index (χ4n) is 6.12. The minimum Gasteiger partial charge on any atom is -0.343 e. The molecule has 4 nitrogen and oxygen atoms in total. The predicted octanol–water partition coefficient (Wildman–Crippen LogP) is 7.30. The number of hydrogen-bond acceptors (Lipinski definition) is 4. The number of hydrogen-bond donors (Lipinski definition) is 0. The number of para-hydroxylation sites is 2. The molecule has 41 heavy (non-hydrogen) atoms. The first-order valence-electron chi connectivity index (χ1n) is 13.7. The van der Waals surface area contributed by atoms with Gasteiger partial charge in [-0.05, 0) is 76.7 Å². The van der Waals surface area contributed by atoms with Gasteiger partial charge < -0.3 is 18.9 Å². The second kappa shape index (κ2) is 9.77. The number of anilines is 4. The quantitative estimate of drug-likeness (QED) is 0.179. The maximum Gasteiger partial charge on any atom is 0.144 e. The van der Waals surface area contributed by atoms with Crippen LogP contribution in [0.4, 0.5) is 22.7 Å². The molecular formula is C35H30N2O2P2. The van der Waals surface area contributed by atoms with Crippen LogP contribution in [-0.2, 0) is 9.13 Å². The van der Waals surface area contributed by atoms with E-state index in [1.165, 1.54) is 0 Å². The van der Waals surface area contributed by atoms with E-state index in [0.717, 1.165) is 65.5 Å². The summed E-state index contributed by atoms with van der Waals surface area (Å²) in [6.07, 6.45) is 0. The Labute approximate surface area is 241 Å². The Bertz CT molecular complexity index is 2070. The number of fused-ring (bicyclic) bond motifs is 6. The van der Waals surface area contributed by atoms with Gasteiger partial charge in [0, 0.05) is 35.3 Å². The molecule has 0 fully saturated rings. The van der Waals surface area contributed by atoms with E-state index in [4.69, 9.17) is 0 Å². The molecule has 1 aliphatic heterocycles. The smallest absolute Gasteiger partial charge is 0.144 e. The summed E-state index contributed by atoms with van der Waals surface area (Å²) in [6, 6.07) is 40.6. The highest BCUT2D eigenvalue weighted by Gasteiger charge is 2.32. The van der Waals surface area contributed by atoms with Gasteiger partial charge in [-0.1, -0.05) is 72.8 Å². The zero-order valence-electron chi connectivity index (χ0n) is 23.2. The van der Waals surface area contributed by atoms with Crippen LogP contribution in [0, 0.1) is 0 Å². The maximum absolute atomic E-state index is 15.2. The van der Waals surface area contributed by atoms with Crippen LogP contribution in [0.15, 0.2) is 121 Å². The Hall–Kier alpha value is -4.10. The summed E-state index contributed by atoms with van der Waals surface area (Å²) in [6.45, 7) is 1.88. The Balaban J connectivity index is 1.62. The van der Waals surface area contributed by atoms with Crippen LogP contribution in [-0.4, -0.2) is 20.8 Å². The molecule has 202 valence electrons. The van der Waals surface area contributed by atoms with Crippen molar-refractivity contribution in [1.82, 2.24) is 0 Å². The molecule has 0 aromatic heterocycles. The number of nitrogens with zero attached hydrogens (tertiary/aromatic N) is 2. The maximum atomic E-state index is 15.2. The average molecular weight is 573 g/mol. The lowest BCUT2D eigenvalue weighted by atomic mass is 10.1. The molecule has 1 heterocycles. The second-order valence-corrected chi connectivity index (χ2v) is 15.3. The molecule has 2 unspecified atom stereocenters. The van der Waals surface area contributed by atoms with Gasteiger partial charge in [0.1, 0.15) is 14.9 Å². The molecule has 0 spiro atoms. The summed E-state index contributed by atoms with van der Waals surface area (Å²) in [5.74, 6) is 0. The van der Waals surface area contributed by atoms with Gasteiger partial charge in [0.25, 0.3) is 0 Å². The molecule has 0 aliphatic carbocycles. The molecule has 0 saturated heterocycles. The first-order chi connectivity index (χ1) is 19.8. The minimum absolute atomic E-state index is 0.778. The molecular weight excluding hydrogens is 542 g/mol. The van der Waals surface area contributed by atoms with Gasteiger partial charge in [-0.25, -0.2) is 0 Å². The summed E-state index contributed by atoms with van der Waals surface area (Å²) >= 11 is 0. The Morgan fingerprint density at radius 1 is 0.512 bits per heavy atom. The molecule has 6 aromatic rings. The van der Waals surface area contributed by atoms with Crippen molar-refractivity contribution in [2.45, 2.75) is 0 Å². The van der Waals surface area contributed by atoms with Gasteiger partial charge in [0.2, 0.25) is 0 Å². The van der Waals surface area contributed by atoms with E-state index in [0.29, 0.717) is 0 Å². The third kappa shape index (κ3) is 4.13. The minimum atomic E-state index is -3.14. The van der Waals surface area contributed by atoms with Gasteiger partial charge >= 0.3 is 0 Å². The lowest BCUT2D eigenvalue weighted by Gasteiger charge is -2.32. The van der Waals surface area contributed by atoms with Crippen molar-refractivity contribution < 1.29 is 9.13 Å². The van der Waals surface area contributed by atoms with E-state index in [9.17, 15) is 4.57 Å². The highest BCUT2D eigenvalue weighted by Crippen LogP contribution is 2.48. The largest absolute Gasteiger partial charge is 0.343 e. The van der Waals surface area contributed by atoms with Crippen molar-refractivity contribution in [1.29, 1.82) is 0 Å².